The summed E-state index contributed by atoms with van der Waals surface area (Å²) in [6.07, 6.45) is 2.30. The molecule has 0 aliphatic heterocycles. The van der Waals surface area contributed by atoms with Crippen LogP contribution in [0.4, 0.5) is 0 Å². The van der Waals surface area contributed by atoms with Crippen molar-refractivity contribution in [3.05, 3.63) is 70.2 Å². The number of nitrogens with two attached hydrogens (primary N) is 1. The van der Waals surface area contributed by atoms with Gasteiger partial charge in [0.15, 0.2) is 0 Å². The normalized spacial score (nSPS) is 14.7. The Hall–Kier alpha value is -1.55. The number of carbonyl (C=O) groups is 1. The Bertz CT molecular complexity index is 652. The summed E-state index contributed by atoms with van der Waals surface area (Å²) in [6, 6.07) is 15.2. The monoisotopic (exact) mass is 350 g/mol. The molecular weight excluding hydrogens is 331 g/mol. The molecule has 1 aliphatic carbocycles. The molecule has 2 aromatic carbocycles. The molecule has 1 atom stereocenters. The van der Waals surface area contributed by atoms with Gasteiger partial charge in [0.05, 0.1) is 6.04 Å². The van der Waals surface area contributed by atoms with Crippen molar-refractivity contribution < 1.29 is 4.79 Å². The first-order valence-electron chi connectivity index (χ1n) is 7.52. The molecule has 3 N–H and O–H groups in total. The van der Waals surface area contributed by atoms with Gasteiger partial charge in [-0.25, -0.2) is 0 Å². The third-order valence-electron chi connectivity index (χ3n) is 4.06. The molecule has 1 fully saturated rings. The van der Waals surface area contributed by atoms with Gasteiger partial charge in [0.25, 0.3) is 5.91 Å². The van der Waals surface area contributed by atoms with E-state index in [1.54, 1.807) is 0 Å². The van der Waals surface area contributed by atoms with Crippen LogP contribution in [0.15, 0.2) is 48.5 Å². The van der Waals surface area contributed by atoms with E-state index in [4.69, 9.17) is 17.3 Å². The van der Waals surface area contributed by atoms with Crippen LogP contribution in [0.1, 0.15) is 40.4 Å². The number of amides is 1. The molecule has 0 saturated heterocycles. The minimum Gasteiger partial charge on any atom is -0.345 e. The van der Waals surface area contributed by atoms with Gasteiger partial charge < -0.3 is 11.1 Å². The van der Waals surface area contributed by atoms with Crippen LogP contribution in [0.5, 0.6) is 0 Å². The van der Waals surface area contributed by atoms with Crippen LogP contribution < -0.4 is 11.1 Å². The predicted molar refractivity (Wildman–Crippen MR) is 96.0 cm³/mol. The van der Waals surface area contributed by atoms with Gasteiger partial charge in [0.2, 0.25) is 0 Å². The van der Waals surface area contributed by atoms with E-state index in [2.05, 4.69) is 5.32 Å². The zero-order valence-electron chi connectivity index (χ0n) is 12.7. The van der Waals surface area contributed by atoms with Gasteiger partial charge in [-0.2, -0.15) is 0 Å². The summed E-state index contributed by atoms with van der Waals surface area (Å²) in [6.45, 7) is 0.484. The van der Waals surface area contributed by atoms with Crippen LogP contribution in [0.25, 0.3) is 0 Å². The van der Waals surface area contributed by atoms with E-state index in [0.29, 0.717) is 23.0 Å². The van der Waals surface area contributed by atoms with Gasteiger partial charge >= 0.3 is 0 Å². The van der Waals surface area contributed by atoms with Crippen molar-refractivity contribution in [2.45, 2.75) is 25.4 Å². The number of hydrogen-bond acceptors (Lipinski definition) is 2. The van der Waals surface area contributed by atoms with Crippen molar-refractivity contribution >= 4 is 29.9 Å². The quantitative estimate of drug-likeness (QED) is 0.852. The second-order valence-electron chi connectivity index (χ2n) is 5.74. The summed E-state index contributed by atoms with van der Waals surface area (Å²) < 4.78 is 0. The molecule has 1 unspecified atom stereocenters. The first-order chi connectivity index (χ1) is 10.7. The maximum atomic E-state index is 12.5. The number of benzene rings is 2. The Kier molecular flexibility index (Phi) is 6.05. The van der Waals surface area contributed by atoms with E-state index in [-0.39, 0.29) is 24.4 Å². The van der Waals surface area contributed by atoms with Crippen LogP contribution in [-0.2, 0) is 6.54 Å². The minimum atomic E-state index is -0.0459. The first kappa shape index (κ1) is 17.8. The molecule has 0 heterocycles. The topological polar surface area (TPSA) is 55.1 Å². The maximum absolute atomic E-state index is 12.5. The van der Waals surface area contributed by atoms with Crippen LogP contribution in [0.3, 0.4) is 0 Å². The fraction of sp³-hybridized carbons (Fsp3) is 0.278. The third-order valence-corrected chi connectivity index (χ3v) is 4.31. The molecule has 1 saturated carbocycles. The van der Waals surface area contributed by atoms with Crippen molar-refractivity contribution in [1.82, 2.24) is 5.32 Å². The molecule has 5 heteroatoms. The van der Waals surface area contributed by atoms with E-state index < -0.39 is 0 Å². The Labute approximate surface area is 147 Å². The van der Waals surface area contributed by atoms with Crippen LogP contribution in [0, 0.1) is 5.92 Å². The fourth-order valence-corrected chi connectivity index (χ4v) is 2.72. The Morgan fingerprint density at radius 1 is 1.13 bits per heavy atom. The number of nitrogens with one attached hydrogen (secondary N) is 1. The van der Waals surface area contributed by atoms with E-state index in [1.807, 2.05) is 48.5 Å². The van der Waals surface area contributed by atoms with E-state index in [0.717, 1.165) is 24.0 Å². The first-order valence-corrected chi connectivity index (χ1v) is 7.90. The third kappa shape index (κ3) is 4.47. The molecule has 2 aromatic rings. The summed E-state index contributed by atoms with van der Waals surface area (Å²) >= 11 is 5.94. The van der Waals surface area contributed by atoms with E-state index in [1.165, 1.54) is 0 Å². The Morgan fingerprint density at radius 3 is 2.26 bits per heavy atom. The second-order valence-corrected chi connectivity index (χ2v) is 6.18. The lowest BCUT2D eigenvalue weighted by atomic mass is 10.0. The molecule has 1 amide bonds. The van der Waals surface area contributed by atoms with E-state index >= 15 is 0 Å². The second kappa shape index (κ2) is 7.82. The van der Waals surface area contributed by atoms with Gasteiger partial charge in [-0.05, 0) is 54.2 Å². The Balaban J connectivity index is 0.00000192. The summed E-state index contributed by atoms with van der Waals surface area (Å²) in [5, 5.41) is 3.87. The molecule has 0 bridgehead atoms. The zero-order chi connectivity index (χ0) is 15.5. The smallest absolute Gasteiger partial charge is 0.251 e. The Morgan fingerprint density at radius 2 is 1.74 bits per heavy atom. The largest absolute Gasteiger partial charge is 0.345 e. The van der Waals surface area contributed by atoms with Crippen molar-refractivity contribution in [2.24, 2.45) is 11.7 Å². The number of carbonyl (C=O) groups excluding carboxylic acids is 1. The standard InChI is InChI=1S/C18H19ClN2O.ClH/c19-16-9-7-14(8-10-16)17(13-5-6-13)21-18(22)15-3-1-12(11-20)2-4-15;/h1-4,7-10,13,17H,5-6,11,20H2,(H,21,22);1H. The summed E-state index contributed by atoms with van der Waals surface area (Å²) in [4.78, 5) is 12.5. The summed E-state index contributed by atoms with van der Waals surface area (Å²) in [5.74, 6) is 0.476. The fourth-order valence-electron chi connectivity index (χ4n) is 2.59. The van der Waals surface area contributed by atoms with Crippen molar-refractivity contribution in [3.63, 3.8) is 0 Å². The highest BCUT2D eigenvalue weighted by Gasteiger charge is 2.33. The average Bonchev–Trinajstić information content (AvgIpc) is 3.38. The van der Waals surface area contributed by atoms with Crippen LogP contribution in [-0.4, -0.2) is 5.91 Å². The van der Waals surface area contributed by atoms with Crippen molar-refractivity contribution in [3.8, 4) is 0 Å². The molecule has 0 spiro atoms. The highest BCUT2D eigenvalue weighted by Crippen LogP contribution is 2.41. The average molecular weight is 351 g/mol. The molecular formula is C18H20Cl2N2O. The van der Waals surface area contributed by atoms with Crippen LogP contribution in [0.2, 0.25) is 5.02 Å². The maximum Gasteiger partial charge on any atom is 0.251 e. The molecule has 23 heavy (non-hydrogen) atoms. The van der Waals surface area contributed by atoms with E-state index in [9.17, 15) is 4.79 Å². The van der Waals surface area contributed by atoms with Gasteiger partial charge in [-0.15, -0.1) is 12.4 Å². The van der Waals surface area contributed by atoms with Gasteiger partial charge in [-0.1, -0.05) is 35.9 Å². The van der Waals surface area contributed by atoms with Crippen LogP contribution >= 0.6 is 24.0 Å². The minimum absolute atomic E-state index is 0. The molecule has 122 valence electrons. The van der Waals surface area contributed by atoms with Gasteiger partial charge in [0, 0.05) is 17.1 Å². The molecule has 0 radical (unpaired) electrons. The highest BCUT2D eigenvalue weighted by molar-refractivity contribution is 6.30. The van der Waals surface area contributed by atoms with Crippen molar-refractivity contribution in [2.75, 3.05) is 0 Å². The molecule has 0 aromatic heterocycles. The highest BCUT2D eigenvalue weighted by atomic mass is 35.5. The molecule has 3 rings (SSSR count). The molecule has 3 nitrogen and oxygen atoms in total. The lowest BCUT2D eigenvalue weighted by Crippen LogP contribution is -2.29. The number of hydrogen-bond donors (Lipinski definition) is 2. The zero-order valence-corrected chi connectivity index (χ0v) is 14.2. The molecule has 1 aliphatic rings. The van der Waals surface area contributed by atoms with Gasteiger partial charge in [-0.3, -0.25) is 4.79 Å². The van der Waals surface area contributed by atoms with Gasteiger partial charge in [0.1, 0.15) is 0 Å². The summed E-state index contributed by atoms with van der Waals surface area (Å²) in [5.41, 5.74) is 8.38. The van der Waals surface area contributed by atoms with Crippen molar-refractivity contribution in [1.29, 1.82) is 0 Å². The lowest BCUT2D eigenvalue weighted by Gasteiger charge is -2.19. The summed E-state index contributed by atoms with van der Waals surface area (Å²) in [7, 11) is 0. The SMILES string of the molecule is Cl.NCc1ccc(C(=O)NC(c2ccc(Cl)cc2)C2CC2)cc1. The predicted octanol–water partition coefficient (Wildman–Crippen LogP) is 4.10. The number of rotatable bonds is 5. The lowest BCUT2D eigenvalue weighted by molar-refractivity contribution is 0.0931. The number of halogens is 2.